The summed E-state index contributed by atoms with van der Waals surface area (Å²) in [6, 6.07) is 8.21. The summed E-state index contributed by atoms with van der Waals surface area (Å²) < 4.78 is 12.8. The van der Waals surface area contributed by atoms with Crippen LogP contribution in [0.4, 0.5) is 5.82 Å². The average molecular weight is 503 g/mol. The molecule has 0 aliphatic carbocycles. The molecule has 37 heavy (non-hydrogen) atoms. The quantitative estimate of drug-likeness (QED) is 0.519. The third kappa shape index (κ3) is 5.04. The molecule has 0 radical (unpaired) electrons. The van der Waals surface area contributed by atoms with Gasteiger partial charge in [-0.3, -0.25) is 4.79 Å². The maximum absolute atomic E-state index is 13.1. The molecule has 9 heteroatoms. The first-order chi connectivity index (χ1) is 17.8. The maximum Gasteiger partial charge on any atom is 0.153 e. The number of fused-ring (bicyclic) bond motifs is 1. The van der Waals surface area contributed by atoms with Gasteiger partial charge in [0.1, 0.15) is 17.6 Å². The first kappa shape index (κ1) is 25.2. The number of piperidine rings is 1. The van der Waals surface area contributed by atoms with Crippen molar-refractivity contribution in [1.82, 2.24) is 14.6 Å². The molecule has 194 valence electrons. The fourth-order valence-electron chi connectivity index (χ4n) is 5.41. The number of Topliss-reactive ketones (excluding diaryl/α,β-unsaturated/α-hetero) is 1. The van der Waals surface area contributed by atoms with Gasteiger partial charge in [-0.2, -0.15) is 10.4 Å². The molecule has 0 spiro atoms. The highest BCUT2D eigenvalue weighted by Crippen LogP contribution is 2.38. The van der Waals surface area contributed by atoms with Crippen LogP contribution in [0.5, 0.6) is 5.75 Å². The van der Waals surface area contributed by atoms with Crippen molar-refractivity contribution in [2.24, 2.45) is 11.1 Å². The number of rotatable bonds is 7. The zero-order chi connectivity index (χ0) is 26.0. The van der Waals surface area contributed by atoms with Crippen LogP contribution in [0.2, 0.25) is 0 Å². The minimum atomic E-state index is -0.735. The fourth-order valence-corrected chi connectivity index (χ4v) is 5.41. The number of ether oxygens (including phenoxy) is 2. The number of pyridine rings is 2. The summed E-state index contributed by atoms with van der Waals surface area (Å²) in [5.41, 5.74) is 8.65. The highest BCUT2D eigenvalue weighted by atomic mass is 16.5. The van der Waals surface area contributed by atoms with Crippen LogP contribution in [0.1, 0.15) is 51.5 Å². The fraction of sp³-hybridized carbons (Fsp3) is 0.500. The van der Waals surface area contributed by atoms with Crippen LogP contribution < -0.4 is 15.4 Å². The molecule has 2 saturated heterocycles. The molecule has 2 fully saturated rings. The van der Waals surface area contributed by atoms with Gasteiger partial charge in [0.2, 0.25) is 0 Å². The van der Waals surface area contributed by atoms with Crippen molar-refractivity contribution in [3.05, 3.63) is 42.4 Å². The van der Waals surface area contributed by atoms with E-state index in [9.17, 15) is 10.1 Å². The summed E-state index contributed by atoms with van der Waals surface area (Å²) in [5.74, 6) is 1.76. The van der Waals surface area contributed by atoms with Gasteiger partial charge in [-0.25, -0.2) is 9.50 Å². The molecule has 2 N–H and O–H groups in total. The number of nitrogens with two attached hydrogens (primary N) is 1. The normalized spacial score (nSPS) is 18.9. The van der Waals surface area contributed by atoms with Crippen molar-refractivity contribution in [1.29, 1.82) is 5.26 Å². The van der Waals surface area contributed by atoms with Gasteiger partial charge in [0.15, 0.2) is 5.78 Å². The Balaban J connectivity index is 1.30. The third-order valence-electron chi connectivity index (χ3n) is 7.90. The van der Waals surface area contributed by atoms with Crippen molar-refractivity contribution in [3.63, 3.8) is 0 Å². The molecular formula is C28H34N6O3. The average Bonchev–Trinajstić information content (AvgIpc) is 3.32. The molecule has 0 saturated carbocycles. The van der Waals surface area contributed by atoms with E-state index in [4.69, 9.17) is 20.2 Å². The van der Waals surface area contributed by atoms with Crippen molar-refractivity contribution >= 4 is 17.1 Å². The van der Waals surface area contributed by atoms with Gasteiger partial charge >= 0.3 is 0 Å². The second-order valence-corrected chi connectivity index (χ2v) is 10.6. The lowest BCUT2D eigenvalue weighted by molar-refractivity contribution is -0.130. The zero-order valence-electron chi connectivity index (χ0n) is 21.6. The molecule has 0 bridgehead atoms. The number of carbonyl (C=O) groups excluding carboxylic acids is 1. The lowest BCUT2D eigenvalue weighted by atomic mass is 9.72. The molecule has 2 aliphatic rings. The lowest BCUT2D eigenvalue weighted by Crippen LogP contribution is -2.53. The van der Waals surface area contributed by atoms with Gasteiger partial charge in [0.05, 0.1) is 35.6 Å². The SMILES string of the molecule is CCOc1cc(-c2ccc(N3CCC(C)(CC(=O)C4(N)CCOCC4)CC3)nc2)c2c(C#N)cnn2c1. The third-order valence-corrected chi connectivity index (χ3v) is 7.90. The van der Waals surface area contributed by atoms with Gasteiger partial charge in [0, 0.05) is 50.0 Å². The van der Waals surface area contributed by atoms with Gasteiger partial charge in [-0.05, 0) is 56.2 Å². The predicted molar refractivity (Wildman–Crippen MR) is 140 cm³/mol. The van der Waals surface area contributed by atoms with E-state index in [2.05, 4.69) is 23.0 Å². The van der Waals surface area contributed by atoms with Gasteiger partial charge in [-0.15, -0.1) is 0 Å². The van der Waals surface area contributed by atoms with Crippen LogP contribution >= 0.6 is 0 Å². The van der Waals surface area contributed by atoms with Crippen molar-refractivity contribution < 1.29 is 14.3 Å². The van der Waals surface area contributed by atoms with Gasteiger partial charge in [0.25, 0.3) is 0 Å². The summed E-state index contributed by atoms with van der Waals surface area (Å²) in [4.78, 5) is 20.1. The molecular weight excluding hydrogens is 468 g/mol. The molecule has 2 aliphatic heterocycles. The summed E-state index contributed by atoms with van der Waals surface area (Å²) >= 11 is 0. The van der Waals surface area contributed by atoms with Crippen LogP contribution in [0.25, 0.3) is 16.6 Å². The van der Waals surface area contributed by atoms with Gasteiger partial charge < -0.3 is 20.1 Å². The lowest BCUT2D eigenvalue weighted by Gasteiger charge is -2.42. The molecule has 0 amide bonds. The largest absolute Gasteiger partial charge is 0.492 e. The first-order valence-electron chi connectivity index (χ1n) is 13.0. The number of aromatic nitrogens is 3. The number of ketones is 1. The van der Waals surface area contributed by atoms with Crippen LogP contribution in [0, 0.1) is 16.7 Å². The predicted octanol–water partition coefficient (Wildman–Crippen LogP) is 3.74. The molecule has 3 aromatic heterocycles. The zero-order valence-corrected chi connectivity index (χ0v) is 21.6. The first-order valence-corrected chi connectivity index (χ1v) is 13.0. The molecule has 3 aromatic rings. The van der Waals surface area contributed by atoms with Crippen molar-refractivity contribution in [3.8, 4) is 22.9 Å². The molecule has 0 unspecified atom stereocenters. The maximum atomic E-state index is 13.1. The van der Waals surface area contributed by atoms with E-state index in [0.717, 1.165) is 48.4 Å². The van der Waals surface area contributed by atoms with E-state index in [1.165, 1.54) is 0 Å². The number of anilines is 1. The molecule has 0 aromatic carbocycles. The molecule has 5 rings (SSSR count). The monoisotopic (exact) mass is 502 g/mol. The Kier molecular flexibility index (Phi) is 6.88. The Morgan fingerprint density at radius 2 is 1.97 bits per heavy atom. The number of nitriles is 1. The van der Waals surface area contributed by atoms with E-state index in [1.54, 1.807) is 16.9 Å². The number of carbonyl (C=O) groups is 1. The Morgan fingerprint density at radius 1 is 1.22 bits per heavy atom. The minimum Gasteiger partial charge on any atom is -0.492 e. The smallest absolute Gasteiger partial charge is 0.153 e. The van der Waals surface area contributed by atoms with Gasteiger partial charge in [-0.1, -0.05) is 6.92 Å². The van der Waals surface area contributed by atoms with E-state index in [-0.39, 0.29) is 11.2 Å². The Bertz CT molecular complexity index is 1310. The van der Waals surface area contributed by atoms with Crippen LogP contribution in [-0.2, 0) is 9.53 Å². The summed E-state index contributed by atoms with van der Waals surface area (Å²) in [7, 11) is 0. The number of nitrogens with zero attached hydrogens (tertiary/aromatic N) is 5. The highest BCUT2D eigenvalue weighted by molar-refractivity contribution is 5.89. The standard InChI is InChI=1S/C28H34N6O3/c1-3-37-22-14-23(26-21(16-29)18-32-34(26)19-22)20-4-5-25(31-17-20)33-10-6-27(2,7-11-33)15-24(35)28(30)8-12-36-13-9-28/h4-5,14,17-19H,3,6-13,15,30H2,1-2H3. The Labute approximate surface area is 217 Å². The second kappa shape index (κ2) is 10.1. The molecule has 0 atom stereocenters. The summed E-state index contributed by atoms with van der Waals surface area (Å²) in [6.45, 7) is 7.47. The second-order valence-electron chi connectivity index (χ2n) is 10.6. The van der Waals surface area contributed by atoms with Crippen LogP contribution in [0.15, 0.2) is 36.8 Å². The van der Waals surface area contributed by atoms with Crippen molar-refractivity contribution in [2.75, 3.05) is 37.8 Å². The minimum absolute atomic E-state index is 0.0563. The van der Waals surface area contributed by atoms with Crippen molar-refractivity contribution in [2.45, 2.75) is 51.5 Å². The Morgan fingerprint density at radius 3 is 2.62 bits per heavy atom. The van der Waals surface area contributed by atoms with Crippen LogP contribution in [-0.4, -0.2) is 58.8 Å². The Hall–Kier alpha value is -3.48. The van der Waals surface area contributed by atoms with E-state index in [1.807, 2.05) is 31.3 Å². The van der Waals surface area contributed by atoms with E-state index >= 15 is 0 Å². The molecule has 9 nitrogen and oxygen atoms in total. The topological polar surface area (TPSA) is 119 Å². The summed E-state index contributed by atoms with van der Waals surface area (Å²) in [5, 5.41) is 13.9. The highest BCUT2D eigenvalue weighted by Gasteiger charge is 2.41. The van der Waals surface area contributed by atoms with E-state index < -0.39 is 5.54 Å². The number of hydrogen-bond acceptors (Lipinski definition) is 8. The van der Waals surface area contributed by atoms with Crippen LogP contribution in [0.3, 0.4) is 0 Å². The molecule has 5 heterocycles. The van der Waals surface area contributed by atoms with E-state index in [0.29, 0.717) is 50.4 Å². The number of hydrogen-bond donors (Lipinski definition) is 1. The summed E-state index contributed by atoms with van der Waals surface area (Å²) in [6.07, 6.45) is 8.76.